The third kappa shape index (κ3) is 3.32. The van der Waals surface area contributed by atoms with Crippen LogP contribution >= 0.6 is 0 Å². The molecule has 1 aromatic carbocycles. The van der Waals surface area contributed by atoms with Gasteiger partial charge in [-0.3, -0.25) is 4.55 Å². The third-order valence-electron chi connectivity index (χ3n) is 1.73. The van der Waals surface area contributed by atoms with Crippen molar-refractivity contribution in [3.05, 3.63) is 29.3 Å². The second kappa shape index (κ2) is 5.35. The first-order valence-corrected chi connectivity index (χ1v) is 5.26. The van der Waals surface area contributed by atoms with Crippen LogP contribution in [0.25, 0.3) is 0 Å². The average molecular weight is 312 g/mol. The quantitative estimate of drug-likeness (QED) is 0.541. The molecule has 0 spiro atoms. The SMILES string of the molecule is O=C(O)c1cccc(C(=O)O)c1S(=O)(=O)O.[Zn]. The molecule has 0 aromatic heterocycles. The van der Waals surface area contributed by atoms with E-state index in [1.807, 2.05) is 0 Å². The van der Waals surface area contributed by atoms with Gasteiger partial charge in [-0.2, -0.15) is 8.42 Å². The maximum absolute atomic E-state index is 10.9. The fourth-order valence-corrected chi connectivity index (χ4v) is 2.02. The van der Waals surface area contributed by atoms with Crippen LogP contribution in [-0.2, 0) is 29.6 Å². The van der Waals surface area contributed by atoms with Crippen LogP contribution in [0.4, 0.5) is 0 Å². The van der Waals surface area contributed by atoms with Crippen LogP contribution in [0.15, 0.2) is 23.1 Å². The van der Waals surface area contributed by atoms with Gasteiger partial charge in [-0.15, -0.1) is 0 Å². The van der Waals surface area contributed by atoms with Gasteiger partial charge in [0.2, 0.25) is 0 Å². The minimum atomic E-state index is -4.92. The van der Waals surface area contributed by atoms with Crippen molar-refractivity contribution in [2.45, 2.75) is 4.90 Å². The molecular formula is C8H6O7SZn. The van der Waals surface area contributed by atoms with Crippen LogP contribution < -0.4 is 0 Å². The van der Waals surface area contributed by atoms with Gasteiger partial charge in [0, 0.05) is 19.5 Å². The Labute approximate surface area is 109 Å². The molecule has 0 aliphatic carbocycles. The summed E-state index contributed by atoms with van der Waals surface area (Å²) in [7, 11) is -4.92. The monoisotopic (exact) mass is 310 g/mol. The van der Waals surface area contributed by atoms with Gasteiger partial charge in [-0.1, -0.05) is 6.07 Å². The van der Waals surface area contributed by atoms with E-state index in [1.54, 1.807) is 0 Å². The maximum atomic E-state index is 10.9. The first-order chi connectivity index (χ1) is 7.25. The van der Waals surface area contributed by atoms with Crippen molar-refractivity contribution in [2.24, 2.45) is 0 Å². The molecule has 0 saturated carbocycles. The van der Waals surface area contributed by atoms with E-state index in [0.29, 0.717) is 0 Å². The summed E-state index contributed by atoms with van der Waals surface area (Å²) in [5.41, 5.74) is -1.58. The Kier molecular flexibility index (Phi) is 4.94. The number of carbonyl (C=O) groups is 2. The molecule has 0 fully saturated rings. The van der Waals surface area contributed by atoms with E-state index in [4.69, 9.17) is 14.8 Å². The Balaban J connectivity index is 0.00000256. The topological polar surface area (TPSA) is 129 Å². The van der Waals surface area contributed by atoms with Crippen molar-refractivity contribution in [1.29, 1.82) is 0 Å². The predicted octanol–water partition coefficient (Wildman–Crippen LogP) is 0.327. The molecule has 3 N–H and O–H groups in total. The average Bonchev–Trinajstić information content (AvgIpc) is 2.15. The molecule has 7 nitrogen and oxygen atoms in total. The van der Waals surface area contributed by atoms with Gasteiger partial charge in [0.05, 0.1) is 11.1 Å². The smallest absolute Gasteiger partial charge is 0.337 e. The molecule has 0 amide bonds. The Morgan fingerprint density at radius 1 is 1.00 bits per heavy atom. The molecular weight excluding hydrogens is 306 g/mol. The van der Waals surface area contributed by atoms with Crippen molar-refractivity contribution in [2.75, 3.05) is 0 Å². The molecule has 0 atom stereocenters. The molecule has 0 aliphatic heterocycles. The van der Waals surface area contributed by atoms with Crippen LogP contribution in [0.1, 0.15) is 20.7 Å². The number of benzene rings is 1. The van der Waals surface area contributed by atoms with Crippen molar-refractivity contribution in [3.63, 3.8) is 0 Å². The zero-order chi connectivity index (χ0) is 12.5. The number of carboxylic acid groups (broad SMARTS) is 2. The van der Waals surface area contributed by atoms with Crippen LogP contribution in [0.3, 0.4) is 0 Å². The van der Waals surface area contributed by atoms with Gasteiger partial charge < -0.3 is 10.2 Å². The normalized spacial score (nSPS) is 10.4. The van der Waals surface area contributed by atoms with E-state index in [0.717, 1.165) is 18.2 Å². The molecule has 1 aromatic rings. The van der Waals surface area contributed by atoms with Crippen molar-refractivity contribution < 1.29 is 52.3 Å². The fraction of sp³-hybridized carbons (Fsp3) is 0. The summed E-state index contributed by atoms with van der Waals surface area (Å²) in [5, 5.41) is 17.3. The van der Waals surface area contributed by atoms with E-state index < -0.39 is 38.1 Å². The number of carboxylic acids is 2. The van der Waals surface area contributed by atoms with Crippen molar-refractivity contribution in [3.8, 4) is 0 Å². The first kappa shape index (κ1) is 15.7. The van der Waals surface area contributed by atoms with E-state index >= 15 is 0 Å². The van der Waals surface area contributed by atoms with Crippen LogP contribution in [0, 0.1) is 0 Å². The molecule has 9 heteroatoms. The maximum Gasteiger partial charge on any atom is 0.337 e. The largest absolute Gasteiger partial charge is 0.478 e. The zero-order valence-corrected chi connectivity index (χ0v) is 12.1. The van der Waals surface area contributed by atoms with Gasteiger partial charge in [-0.05, 0) is 12.1 Å². The Morgan fingerprint density at radius 2 is 1.35 bits per heavy atom. The van der Waals surface area contributed by atoms with Gasteiger partial charge in [0.1, 0.15) is 4.90 Å². The first-order valence-electron chi connectivity index (χ1n) is 3.82. The fourth-order valence-electron chi connectivity index (χ4n) is 1.15. The Hall–Kier alpha value is -1.31. The predicted molar refractivity (Wildman–Crippen MR) is 50.2 cm³/mol. The van der Waals surface area contributed by atoms with E-state index in [2.05, 4.69) is 0 Å². The molecule has 1 rings (SSSR count). The molecule has 0 aliphatic rings. The van der Waals surface area contributed by atoms with Gasteiger partial charge in [-0.25, -0.2) is 9.59 Å². The van der Waals surface area contributed by atoms with Gasteiger partial charge in [0.25, 0.3) is 10.1 Å². The summed E-state index contributed by atoms with van der Waals surface area (Å²) in [5.74, 6) is -3.29. The second-order valence-corrected chi connectivity index (χ2v) is 4.13. The second-order valence-electron chi connectivity index (χ2n) is 2.77. The van der Waals surface area contributed by atoms with Gasteiger partial charge >= 0.3 is 11.9 Å². The van der Waals surface area contributed by atoms with Crippen LogP contribution in [-0.4, -0.2) is 35.1 Å². The summed E-state index contributed by atoms with van der Waals surface area (Å²) in [6.07, 6.45) is 0. The summed E-state index contributed by atoms with van der Waals surface area (Å²) in [6, 6.07) is 2.84. The number of hydrogen-bond acceptors (Lipinski definition) is 4. The molecule has 0 bridgehead atoms. The van der Waals surface area contributed by atoms with Gasteiger partial charge in [0.15, 0.2) is 0 Å². The molecule has 17 heavy (non-hydrogen) atoms. The van der Waals surface area contributed by atoms with Crippen LogP contribution in [0.2, 0.25) is 0 Å². The minimum Gasteiger partial charge on any atom is -0.478 e. The standard InChI is InChI=1S/C8H6O7S.Zn/c9-7(10)4-2-1-3-5(8(11)12)6(4)16(13,14)15;/h1-3H,(H,9,10)(H,11,12)(H,13,14,15);. The van der Waals surface area contributed by atoms with Crippen molar-refractivity contribution >= 4 is 22.1 Å². The Bertz CT molecular complexity index is 531. The summed E-state index contributed by atoms with van der Waals surface area (Å²) in [6.45, 7) is 0. The minimum absolute atomic E-state index is 0. The molecule has 0 unspecified atom stereocenters. The number of rotatable bonds is 3. The van der Waals surface area contributed by atoms with E-state index in [9.17, 15) is 18.0 Å². The zero-order valence-electron chi connectivity index (χ0n) is 8.32. The summed E-state index contributed by atoms with van der Waals surface area (Å²) >= 11 is 0. The van der Waals surface area contributed by atoms with E-state index in [1.165, 1.54) is 0 Å². The van der Waals surface area contributed by atoms with Crippen LogP contribution in [0.5, 0.6) is 0 Å². The molecule has 0 saturated heterocycles. The Morgan fingerprint density at radius 3 is 1.59 bits per heavy atom. The molecule has 0 heterocycles. The number of aromatic carboxylic acids is 2. The summed E-state index contributed by atoms with van der Waals surface area (Å²) < 4.78 is 30.6. The van der Waals surface area contributed by atoms with Crippen molar-refractivity contribution in [1.82, 2.24) is 0 Å². The molecule has 0 radical (unpaired) electrons. The number of hydrogen-bond donors (Lipinski definition) is 3. The summed E-state index contributed by atoms with van der Waals surface area (Å²) in [4.78, 5) is 20.2. The van der Waals surface area contributed by atoms with E-state index in [-0.39, 0.29) is 19.5 Å². The molecule has 88 valence electrons. The third-order valence-corrected chi connectivity index (χ3v) is 2.69.